The maximum absolute atomic E-state index is 13.2. The summed E-state index contributed by atoms with van der Waals surface area (Å²) in [6.07, 6.45) is -4.82. The van der Waals surface area contributed by atoms with E-state index in [9.17, 15) is 26.7 Å². The minimum absolute atomic E-state index is 0.239. The number of alkyl halides is 3. The van der Waals surface area contributed by atoms with Gasteiger partial charge in [-0.3, -0.25) is 4.79 Å². The molecule has 0 saturated carbocycles. The van der Waals surface area contributed by atoms with Gasteiger partial charge in [0, 0.05) is 6.54 Å². The Balaban J connectivity index is 2.20. The van der Waals surface area contributed by atoms with Crippen molar-refractivity contribution in [3.8, 4) is 0 Å². The van der Waals surface area contributed by atoms with Crippen LogP contribution in [-0.2, 0) is 12.7 Å². The summed E-state index contributed by atoms with van der Waals surface area (Å²) in [5.74, 6) is -3.21. The number of nitrogens with one attached hydrogen (secondary N) is 1. The van der Waals surface area contributed by atoms with Gasteiger partial charge in [0.15, 0.2) is 22.5 Å². The average molecular weight is 351 g/mol. The summed E-state index contributed by atoms with van der Waals surface area (Å²) in [5.41, 5.74) is 4.43. The van der Waals surface area contributed by atoms with E-state index in [2.05, 4.69) is 10.3 Å². The van der Waals surface area contributed by atoms with Gasteiger partial charge in [0.25, 0.3) is 5.91 Å². The zero-order chi connectivity index (χ0) is 17.4. The summed E-state index contributed by atoms with van der Waals surface area (Å²) in [6, 6.07) is 1.80. The largest absolute Gasteiger partial charge is 0.435 e. The van der Waals surface area contributed by atoms with Crippen LogP contribution in [0.15, 0.2) is 12.1 Å². The number of rotatable bonds is 3. The second kappa shape index (κ2) is 6.11. The molecule has 1 amide bonds. The van der Waals surface area contributed by atoms with Gasteiger partial charge in [-0.05, 0) is 30.2 Å². The zero-order valence-corrected chi connectivity index (χ0v) is 12.4. The van der Waals surface area contributed by atoms with Crippen LogP contribution in [0.3, 0.4) is 0 Å². The monoisotopic (exact) mass is 351 g/mol. The highest BCUT2D eigenvalue weighted by Crippen LogP contribution is 2.35. The van der Waals surface area contributed by atoms with Crippen molar-refractivity contribution < 1.29 is 26.7 Å². The second-order valence-electron chi connectivity index (χ2n) is 4.60. The number of carbonyl (C=O) groups is 1. The molecule has 0 spiro atoms. The highest BCUT2D eigenvalue weighted by molar-refractivity contribution is 7.17. The number of aromatic nitrogens is 1. The number of hydrogen-bond acceptors (Lipinski definition) is 4. The number of hydrogen-bond donors (Lipinski definition) is 2. The molecule has 2 aromatic rings. The molecule has 4 nitrogen and oxygen atoms in total. The molecule has 0 aliphatic rings. The Hall–Kier alpha value is -2.23. The number of amides is 1. The Labute approximate surface area is 131 Å². The van der Waals surface area contributed by atoms with E-state index in [4.69, 9.17) is 5.73 Å². The molecule has 1 heterocycles. The predicted molar refractivity (Wildman–Crippen MR) is 73.8 cm³/mol. The van der Waals surface area contributed by atoms with Gasteiger partial charge >= 0.3 is 6.18 Å². The fraction of sp³-hybridized carbons (Fsp3) is 0.231. The van der Waals surface area contributed by atoms with E-state index >= 15 is 0 Å². The Morgan fingerprint density at radius 2 is 1.91 bits per heavy atom. The molecular weight excluding hydrogens is 341 g/mol. The first-order valence-electron chi connectivity index (χ1n) is 6.15. The number of thiazole rings is 1. The summed E-state index contributed by atoms with van der Waals surface area (Å²) in [7, 11) is 0. The Bertz CT molecular complexity index is 757. The van der Waals surface area contributed by atoms with Gasteiger partial charge in [0.1, 0.15) is 4.88 Å². The lowest BCUT2D eigenvalue weighted by atomic mass is 10.1. The van der Waals surface area contributed by atoms with Crippen molar-refractivity contribution in [2.24, 2.45) is 0 Å². The lowest BCUT2D eigenvalue weighted by Gasteiger charge is -2.09. The van der Waals surface area contributed by atoms with Gasteiger partial charge in [-0.15, -0.1) is 0 Å². The van der Waals surface area contributed by atoms with Crippen LogP contribution < -0.4 is 11.1 Å². The first kappa shape index (κ1) is 17.1. The van der Waals surface area contributed by atoms with Crippen LogP contribution in [0.25, 0.3) is 0 Å². The third-order valence-electron chi connectivity index (χ3n) is 2.94. The van der Waals surface area contributed by atoms with E-state index in [-0.39, 0.29) is 12.1 Å². The molecule has 124 valence electrons. The summed E-state index contributed by atoms with van der Waals surface area (Å²) in [6.45, 7) is 1.22. The van der Waals surface area contributed by atoms with Crippen LogP contribution >= 0.6 is 11.3 Å². The van der Waals surface area contributed by atoms with Crippen molar-refractivity contribution in [1.82, 2.24) is 10.3 Å². The fourth-order valence-corrected chi connectivity index (χ4v) is 2.59. The van der Waals surface area contributed by atoms with Gasteiger partial charge < -0.3 is 11.1 Å². The number of benzene rings is 1. The quantitative estimate of drug-likeness (QED) is 0.834. The number of halogens is 5. The molecule has 1 aromatic carbocycles. The van der Waals surface area contributed by atoms with Gasteiger partial charge in [0.05, 0.1) is 0 Å². The van der Waals surface area contributed by atoms with Gasteiger partial charge in [-0.1, -0.05) is 11.3 Å². The second-order valence-corrected chi connectivity index (χ2v) is 5.63. The molecule has 0 atom stereocenters. The molecule has 0 aliphatic carbocycles. The Morgan fingerprint density at radius 3 is 2.52 bits per heavy atom. The van der Waals surface area contributed by atoms with Crippen molar-refractivity contribution in [3.05, 3.63) is 45.5 Å². The Kier molecular flexibility index (Phi) is 4.55. The van der Waals surface area contributed by atoms with E-state index in [1.54, 1.807) is 0 Å². The van der Waals surface area contributed by atoms with E-state index in [1.165, 1.54) is 6.92 Å². The zero-order valence-electron chi connectivity index (χ0n) is 11.6. The predicted octanol–water partition coefficient (Wildman–Crippen LogP) is 3.26. The number of nitrogens with two attached hydrogens (primary N) is 1. The molecule has 0 radical (unpaired) electrons. The first-order valence-corrected chi connectivity index (χ1v) is 6.97. The highest BCUT2D eigenvalue weighted by atomic mass is 32.1. The van der Waals surface area contributed by atoms with Crippen LogP contribution in [0.2, 0.25) is 0 Å². The lowest BCUT2D eigenvalue weighted by molar-refractivity contribution is -0.141. The SMILES string of the molecule is Cc1cc(F)c(F)cc1CNC(=O)c1sc(N)nc1C(F)(F)F. The topological polar surface area (TPSA) is 68.0 Å². The number of carbonyl (C=O) groups excluding carboxylic acids is 1. The molecule has 1 aromatic heterocycles. The van der Waals surface area contributed by atoms with Crippen molar-refractivity contribution in [2.75, 3.05) is 5.73 Å². The molecule has 0 unspecified atom stereocenters. The van der Waals surface area contributed by atoms with Crippen LogP contribution in [-0.4, -0.2) is 10.9 Å². The summed E-state index contributed by atoms with van der Waals surface area (Å²) < 4.78 is 64.5. The number of nitrogen functional groups attached to an aromatic ring is 1. The van der Waals surface area contributed by atoms with Crippen LogP contribution in [0.4, 0.5) is 27.1 Å². The van der Waals surface area contributed by atoms with E-state index in [0.717, 1.165) is 12.1 Å². The number of nitrogens with zero attached hydrogens (tertiary/aromatic N) is 1. The summed E-state index contributed by atoms with van der Waals surface area (Å²) in [4.78, 5) is 14.3. The standard InChI is InChI=1S/C13H10F5N3OS/c1-5-2-7(14)8(15)3-6(5)4-20-11(22)9-10(13(16,17)18)21-12(19)23-9/h2-3H,4H2,1H3,(H2,19,21)(H,20,22). The van der Waals surface area contributed by atoms with Crippen molar-refractivity contribution in [2.45, 2.75) is 19.6 Å². The molecule has 0 fully saturated rings. The minimum Gasteiger partial charge on any atom is -0.375 e. The minimum atomic E-state index is -4.82. The first-order chi connectivity index (χ1) is 10.6. The van der Waals surface area contributed by atoms with Gasteiger partial charge in [-0.25, -0.2) is 13.8 Å². The number of aryl methyl sites for hydroxylation is 1. The molecule has 23 heavy (non-hydrogen) atoms. The fourth-order valence-electron chi connectivity index (χ4n) is 1.82. The van der Waals surface area contributed by atoms with Gasteiger partial charge in [-0.2, -0.15) is 13.2 Å². The Morgan fingerprint density at radius 1 is 1.30 bits per heavy atom. The maximum Gasteiger partial charge on any atom is 0.435 e. The van der Waals surface area contributed by atoms with Gasteiger partial charge in [0.2, 0.25) is 0 Å². The normalized spacial score (nSPS) is 11.6. The van der Waals surface area contributed by atoms with Crippen LogP contribution in [0, 0.1) is 18.6 Å². The van der Waals surface area contributed by atoms with Crippen LogP contribution in [0.5, 0.6) is 0 Å². The van der Waals surface area contributed by atoms with Crippen molar-refractivity contribution in [1.29, 1.82) is 0 Å². The molecular formula is C13H10F5N3OS. The summed E-state index contributed by atoms with van der Waals surface area (Å²) in [5, 5.41) is 1.82. The van der Waals surface area contributed by atoms with E-state index in [0.29, 0.717) is 16.9 Å². The number of anilines is 1. The van der Waals surface area contributed by atoms with Crippen LogP contribution in [0.1, 0.15) is 26.5 Å². The molecule has 3 N–H and O–H groups in total. The lowest BCUT2D eigenvalue weighted by Crippen LogP contribution is -2.25. The molecule has 10 heteroatoms. The van der Waals surface area contributed by atoms with E-state index < -0.39 is 39.4 Å². The average Bonchev–Trinajstić information content (AvgIpc) is 2.83. The molecule has 2 rings (SSSR count). The van der Waals surface area contributed by atoms with Crippen molar-refractivity contribution >= 4 is 22.4 Å². The maximum atomic E-state index is 13.2. The summed E-state index contributed by atoms with van der Waals surface area (Å²) >= 11 is 0.395. The molecule has 0 aliphatic heterocycles. The highest BCUT2D eigenvalue weighted by Gasteiger charge is 2.39. The third kappa shape index (κ3) is 3.76. The molecule has 0 saturated heterocycles. The van der Waals surface area contributed by atoms with Crippen molar-refractivity contribution in [3.63, 3.8) is 0 Å². The van der Waals surface area contributed by atoms with E-state index in [1.807, 2.05) is 0 Å². The third-order valence-corrected chi connectivity index (χ3v) is 3.82. The smallest absolute Gasteiger partial charge is 0.375 e. The molecule has 0 bridgehead atoms.